The van der Waals surface area contributed by atoms with E-state index in [1.807, 2.05) is 7.05 Å². The number of rotatable bonds is 6. The van der Waals surface area contributed by atoms with Crippen molar-refractivity contribution in [1.82, 2.24) is 5.32 Å². The van der Waals surface area contributed by atoms with Gasteiger partial charge in [0, 0.05) is 10.5 Å². The van der Waals surface area contributed by atoms with Gasteiger partial charge in [0.1, 0.15) is 0 Å². The highest BCUT2D eigenvalue weighted by molar-refractivity contribution is 9.10. The van der Waals surface area contributed by atoms with E-state index in [1.165, 1.54) is 17.5 Å². The van der Waals surface area contributed by atoms with Gasteiger partial charge in [0.15, 0.2) is 0 Å². The minimum absolute atomic E-state index is 0.441. The first-order chi connectivity index (χ1) is 9.29. The third kappa shape index (κ3) is 4.48. The molecule has 1 nitrogen and oxygen atoms in total. The quantitative estimate of drug-likeness (QED) is 0.812. The highest BCUT2D eigenvalue weighted by atomic mass is 79.9. The molecule has 1 atom stereocenters. The normalized spacial score (nSPS) is 12.3. The smallest absolute Gasteiger partial charge is 0.0317 e. The van der Waals surface area contributed by atoms with Gasteiger partial charge in [-0.1, -0.05) is 58.4 Å². The molecule has 2 aromatic carbocycles. The molecule has 0 radical (unpaired) electrons. The second-order valence-electron chi connectivity index (χ2n) is 4.77. The van der Waals surface area contributed by atoms with Gasteiger partial charge >= 0.3 is 0 Å². The van der Waals surface area contributed by atoms with Crippen LogP contribution in [0.25, 0.3) is 0 Å². The van der Waals surface area contributed by atoms with Crippen molar-refractivity contribution in [3.05, 3.63) is 70.2 Å². The number of benzene rings is 2. The first-order valence-electron chi connectivity index (χ1n) is 6.76. The van der Waals surface area contributed by atoms with Crippen LogP contribution in [0.2, 0.25) is 0 Å². The number of halogens is 1. The van der Waals surface area contributed by atoms with Crippen LogP contribution < -0.4 is 5.32 Å². The summed E-state index contributed by atoms with van der Waals surface area (Å²) < 4.78 is 1.13. The Labute approximate surface area is 124 Å². The van der Waals surface area contributed by atoms with Crippen molar-refractivity contribution < 1.29 is 0 Å². The van der Waals surface area contributed by atoms with E-state index >= 15 is 0 Å². The van der Waals surface area contributed by atoms with Gasteiger partial charge in [-0.15, -0.1) is 0 Å². The van der Waals surface area contributed by atoms with Gasteiger partial charge in [-0.2, -0.15) is 0 Å². The summed E-state index contributed by atoms with van der Waals surface area (Å²) in [5, 5.41) is 3.41. The summed E-state index contributed by atoms with van der Waals surface area (Å²) in [6.45, 7) is 0. The number of aryl methyl sites for hydroxylation is 1. The molecular formula is C17H20BrN. The van der Waals surface area contributed by atoms with E-state index in [-0.39, 0.29) is 0 Å². The average molecular weight is 318 g/mol. The fourth-order valence-corrected chi connectivity index (χ4v) is 2.59. The lowest BCUT2D eigenvalue weighted by atomic mass is 9.99. The van der Waals surface area contributed by atoms with Crippen molar-refractivity contribution in [2.45, 2.75) is 25.3 Å². The Bertz CT molecular complexity index is 478. The Morgan fingerprint density at radius 1 is 1.00 bits per heavy atom. The molecule has 0 bridgehead atoms. The Kier molecular flexibility index (Phi) is 5.62. The van der Waals surface area contributed by atoms with Crippen molar-refractivity contribution in [2.75, 3.05) is 7.05 Å². The minimum Gasteiger partial charge on any atom is -0.313 e. The summed E-state index contributed by atoms with van der Waals surface area (Å²) in [4.78, 5) is 0. The lowest BCUT2D eigenvalue weighted by Gasteiger charge is -2.16. The molecule has 0 saturated heterocycles. The van der Waals surface area contributed by atoms with Crippen LogP contribution in [0, 0.1) is 0 Å². The summed E-state index contributed by atoms with van der Waals surface area (Å²) in [6, 6.07) is 19.7. The van der Waals surface area contributed by atoms with Crippen molar-refractivity contribution >= 4 is 15.9 Å². The molecule has 0 aliphatic rings. The highest BCUT2D eigenvalue weighted by Crippen LogP contribution is 2.21. The standard InChI is InChI=1S/C17H20BrN/c1-19-17(15-10-12-16(18)13-11-15)9-5-8-14-6-3-2-4-7-14/h2-4,6-7,10-13,17,19H,5,8-9H2,1H3. The molecule has 0 aromatic heterocycles. The Balaban J connectivity index is 1.87. The van der Waals surface area contributed by atoms with Crippen molar-refractivity contribution in [3.8, 4) is 0 Å². The van der Waals surface area contributed by atoms with Gasteiger partial charge < -0.3 is 5.32 Å². The van der Waals surface area contributed by atoms with Crippen LogP contribution >= 0.6 is 15.9 Å². The van der Waals surface area contributed by atoms with E-state index < -0.39 is 0 Å². The lowest BCUT2D eigenvalue weighted by molar-refractivity contribution is 0.527. The third-order valence-corrected chi connectivity index (χ3v) is 3.95. The molecule has 2 aromatic rings. The Morgan fingerprint density at radius 2 is 1.68 bits per heavy atom. The topological polar surface area (TPSA) is 12.0 Å². The van der Waals surface area contributed by atoms with Crippen LogP contribution in [0.4, 0.5) is 0 Å². The van der Waals surface area contributed by atoms with Gasteiger partial charge in [-0.25, -0.2) is 0 Å². The van der Waals surface area contributed by atoms with E-state index in [9.17, 15) is 0 Å². The summed E-state index contributed by atoms with van der Waals surface area (Å²) in [6.07, 6.45) is 3.51. The van der Waals surface area contributed by atoms with E-state index in [0.29, 0.717) is 6.04 Å². The Hall–Kier alpha value is -1.12. The molecule has 0 saturated carbocycles. The zero-order valence-corrected chi connectivity index (χ0v) is 12.9. The third-order valence-electron chi connectivity index (χ3n) is 3.42. The fraction of sp³-hybridized carbons (Fsp3) is 0.294. The molecule has 1 unspecified atom stereocenters. The van der Waals surface area contributed by atoms with Crippen molar-refractivity contribution in [2.24, 2.45) is 0 Å². The molecule has 0 amide bonds. The van der Waals surface area contributed by atoms with Gasteiger partial charge in [0.05, 0.1) is 0 Å². The monoisotopic (exact) mass is 317 g/mol. The second kappa shape index (κ2) is 7.46. The summed E-state index contributed by atoms with van der Waals surface area (Å²) in [7, 11) is 2.04. The van der Waals surface area contributed by atoms with Crippen molar-refractivity contribution in [1.29, 1.82) is 0 Å². The van der Waals surface area contributed by atoms with Crippen LogP contribution in [0.3, 0.4) is 0 Å². The van der Waals surface area contributed by atoms with Crippen LogP contribution in [0.5, 0.6) is 0 Å². The molecule has 0 heterocycles. The first-order valence-corrected chi connectivity index (χ1v) is 7.55. The first kappa shape index (κ1) is 14.3. The summed E-state index contributed by atoms with van der Waals surface area (Å²) in [5.41, 5.74) is 2.78. The van der Waals surface area contributed by atoms with E-state index in [2.05, 4.69) is 75.8 Å². The van der Waals surface area contributed by atoms with Gasteiger partial charge in [0.2, 0.25) is 0 Å². The second-order valence-corrected chi connectivity index (χ2v) is 5.69. The van der Waals surface area contributed by atoms with Crippen LogP contribution in [-0.2, 0) is 6.42 Å². The minimum atomic E-state index is 0.441. The molecule has 0 aliphatic carbocycles. The van der Waals surface area contributed by atoms with Crippen molar-refractivity contribution in [3.63, 3.8) is 0 Å². The van der Waals surface area contributed by atoms with E-state index in [1.54, 1.807) is 0 Å². The largest absolute Gasteiger partial charge is 0.313 e. The highest BCUT2D eigenvalue weighted by Gasteiger charge is 2.08. The maximum Gasteiger partial charge on any atom is 0.0317 e. The molecule has 0 spiro atoms. The number of nitrogens with one attached hydrogen (secondary N) is 1. The SMILES string of the molecule is CNC(CCCc1ccccc1)c1ccc(Br)cc1. The van der Waals surface area contributed by atoms with Crippen LogP contribution in [0.1, 0.15) is 30.0 Å². The van der Waals surface area contributed by atoms with Gasteiger partial charge in [-0.05, 0) is 49.6 Å². The zero-order chi connectivity index (χ0) is 13.5. The van der Waals surface area contributed by atoms with Gasteiger partial charge in [-0.3, -0.25) is 0 Å². The molecule has 0 aliphatic heterocycles. The average Bonchev–Trinajstić information content (AvgIpc) is 2.46. The predicted molar refractivity (Wildman–Crippen MR) is 85.3 cm³/mol. The number of hydrogen-bond acceptors (Lipinski definition) is 1. The predicted octanol–water partition coefficient (Wildman–Crippen LogP) is 4.73. The zero-order valence-electron chi connectivity index (χ0n) is 11.3. The molecule has 1 N–H and O–H groups in total. The van der Waals surface area contributed by atoms with E-state index in [4.69, 9.17) is 0 Å². The van der Waals surface area contributed by atoms with Crippen LogP contribution in [0.15, 0.2) is 59.1 Å². The van der Waals surface area contributed by atoms with Gasteiger partial charge in [0.25, 0.3) is 0 Å². The molecule has 2 rings (SSSR count). The molecule has 2 heteroatoms. The molecular weight excluding hydrogens is 298 g/mol. The van der Waals surface area contributed by atoms with Crippen LogP contribution in [-0.4, -0.2) is 7.05 Å². The molecule has 0 fully saturated rings. The maximum atomic E-state index is 3.48. The lowest BCUT2D eigenvalue weighted by Crippen LogP contribution is -2.16. The summed E-state index contributed by atoms with van der Waals surface area (Å²) >= 11 is 3.48. The number of hydrogen-bond donors (Lipinski definition) is 1. The summed E-state index contributed by atoms with van der Waals surface area (Å²) in [5.74, 6) is 0. The molecule has 100 valence electrons. The maximum absolute atomic E-state index is 3.48. The van der Waals surface area contributed by atoms with E-state index in [0.717, 1.165) is 17.3 Å². The molecule has 19 heavy (non-hydrogen) atoms. The Morgan fingerprint density at radius 3 is 2.32 bits per heavy atom. The fourth-order valence-electron chi connectivity index (χ4n) is 2.33.